The Labute approximate surface area is 198 Å². The predicted molar refractivity (Wildman–Crippen MR) is 122 cm³/mol. The number of carbonyl (C=O) groups excluding carboxylic acids is 2. The molecule has 2 fully saturated rings. The largest absolute Gasteiger partial charge is 0.327 e. The zero-order valence-electron chi connectivity index (χ0n) is 17.7. The van der Waals surface area contributed by atoms with Crippen molar-refractivity contribution in [2.75, 3.05) is 14.1 Å². The van der Waals surface area contributed by atoms with Crippen LogP contribution in [0.4, 0.5) is 14.9 Å². The van der Waals surface area contributed by atoms with Crippen LogP contribution < -0.4 is 10.6 Å². The van der Waals surface area contributed by atoms with E-state index in [1.165, 1.54) is 48.0 Å². The second-order valence-electron chi connectivity index (χ2n) is 7.81. The summed E-state index contributed by atoms with van der Waals surface area (Å²) in [5, 5.41) is 17.4. The van der Waals surface area contributed by atoms with Gasteiger partial charge in [-0.3, -0.25) is 30.4 Å². The average molecular weight is 494 g/mol. The van der Waals surface area contributed by atoms with Gasteiger partial charge in [0.05, 0.1) is 28.5 Å². The summed E-state index contributed by atoms with van der Waals surface area (Å²) in [6.45, 7) is 0. The molecule has 4 atom stereocenters. The number of rotatable bonds is 5. The minimum atomic E-state index is -0.650. The van der Waals surface area contributed by atoms with Crippen molar-refractivity contribution in [3.05, 3.63) is 74.5 Å². The van der Waals surface area contributed by atoms with Gasteiger partial charge in [0.1, 0.15) is 5.82 Å². The second kappa shape index (κ2) is 9.26. The summed E-state index contributed by atoms with van der Waals surface area (Å²) in [6, 6.07) is 10.0. The van der Waals surface area contributed by atoms with Crippen LogP contribution in [0.15, 0.2) is 42.5 Å². The van der Waals surface area contributed by atoms with Crippen molar-refractivity contribution in [1.82, 2.24) is 20.4 Å². The van der Waals surface area contributed by atoms with Crippen molar-refractivity contribution < 1.29 is 18.9 Å². The summed E-state index contributed by atoms with van der Waals surface area (Å²) in [5.41, 5.74) is 0.976. The van der Waals surface area contributed by atoms with Crippen LogP contribution in [0.2, 0.25) is 5.02 Å². The van der Waals surface area contributed by atoms with Gasteiger partial charge >= 0.3 is 6.03 Å². The number of nitrogens with one attached hydrogen (secondary N) is 2. The molecule has 12 heteroatoms. The van der Waals surface area contributed by atoms with E-state index < -0.39 is 40.4 Å². The first-order valence-electron chi connectivity index (χ1n) is 10.0. The predicted octanol–water partition coefficient (Wildman–Crippen LogP) is 3.30. The molecule has 9 nitrogen and oxygen atoms in total. The number of urea groups is 1. The molecule has 0 aliphatic carbocycles. The highest BCUT2D eigenvalue weighted by molar-refractivity contribution is 7.99. The topological polar surface area (TPSA) is 108 Å². The summed E-state index contributed by atoms with van der Waals surface area (Å²) < 4.78 is 14.3. The van der Waals surface area contributed by atoms with Crippen LogP contribution in [0, 0.1) is 21.8 Å². The van der Waals surface area contributed by atoms with Gasteiger partial charge in [0.15, 0.2) is 0 Å². The number of non-ortho nitro benzene ring substituents is 1. The van der Waals surface area contributed by atoms with Gasteiger partial charge in [0, 0.05) is 42.6 Å². The molecule has 2 saturated heterocycles. The highest BCUT2D eigenvalue weighted by Crippen LogP contribution is 2.37. The first-order valence-corrected chi connectivity index (χ1v) is 11.5. The Morgan fingerprint density at radius 3 is 2.48 bits per heavy atom. The molecule has 2 N–H and O–H groups in total. The first-order chi connectivity index (χ1) is 15.7. The second-order valence-corrected chi connectivity index (χ2v) is 9.35. The molecule has 0 spiro atoms. The van der Waals surface area contributed by atoms with E-state index in [0.717, 1.165) is 4.90 Å². The lowest BCUT2D eigenvalue weighted by molar-refractivity contribution is -0.384. The molecule has 2 aromatic rings. The van der Waals surface area contributed by atoms with E-state index >= 15 is 0 Å². The highest BCUT2D eigenvalue weighted by atomic mass is 35.5. The van der Waals surface area contributed by atoms with E-state index in [1.807, 2.05) is 0 Å². The molecule has 174 valence electrons. The Morgan fingerprint density at radius 2 is 1.85 bits per heavy atom. The number of thioether (sulfide) groups is 1. The molecular formula is C21H21ClFN5O4S. The molecule has 2 aliphatic rings. The van der Waals surface area contributed by atoms with Crippen LogP contribution in [-0.2, 0) is 10.5 Å². The maximum Gasteiger partial charge on any atom is 0.327 e. The standard InChI is InChI=1S/C21H21ClFN5O4S/c1-26-18-16(20(29)27(2)21(26)30)19(33-10-13-14(22)4-3-5-15(13)23)25-17(24-18)11-6-8-12(9-7-11)28(31)32/h3-9,16-19,24-25H,10H2,1-2H3. The fraction of sp³-hybridized carbons (Fsp3) is 0.333. The molecule has 2 heterocycles. The van der Waals surface area contributed by atoms with Crippen LogP contribution in [0.25, 0.3) is 0 Å². The van der Waals surface area contributed by atoms with E-state index in [9.17, 15) is 24.1 Å². The Balaban J connectivity index is 1.64. The fourth-order valence-corrected chi connectivity index (χ4v) is 5.68. The Hall–Kier alpha value is -2.73. The number of imide groups is 1. The number of halogens is 2. The lowest BCUT2D eigenvalue weighted by atomic mass is 9.96. The van der Waals surface area contributed by atoms with E-state index in [2.05, 4.69) is 10.6 Å². The number of nitro benzene ring substituents is 1. The summed E-state index contributed by atoms with van der Waals surface area (Å²) in [6.07, 6.45) is -1.14. The summed E-state index contributed by atoms with van der Waals surface area (Å²) in [5.74, 6) is -1.25. The highest BCUT2D eigenvalue weighted by Gasteiger charge is 2.51. The molecule has 0 radical (unpaired) electrons. The van der Waals surface area contributed by atoms with Crippen LogP contribution in [0.1, 0.15) is 17.3 Å². The maximum absolute atomic E-state index is 14.3. The Kier molecular flexibility index (Phi) is 6.57. The lowest BCUT2D eigenvalue weighted by Crippen LogP contribution is -2.72. The minimum Gasteiger partial charge on any atom is -0.311 e. The summed E-state index contributed by atoms with van der Waals surface area (Å²) in [7, 11) is 3.03. The Bertz CT molecular complexity index is 1080. The molecule has 2 aliphatic heterocycles. The SMILES string of the molecule is CN1C(=O)C2C(SCc3c(F)cccc3Cl)NC(c3ccc([N+](=O)[O-])cc3)NC2N(C)C1=O. The van der Waals surface area contributed by atoms with Gasteiger partial charge in [0.2, 0.25) is 5.91 Å². The summed E-state index contributed by atoms with van der Waals surface area (Å²) in [4.78, 5) is 38.6. The number of fused-ring (bicyclic) bond motifs is 1. The van der Waals surface area contributed by atoms with E-state index in [1.54, 1.807) is 25.2 Å². The number of nitrogens with zero attached hydrogens (tertiary/aromatic N) is 3. The van der Waals surface area contributed by atoms with Crippen molar-refractivity contribution in [2.45, 2.75) is 23.5 Å². The first kappa shape index (κ1) is 23.4. The van der Waals surface area contributed by atoms with Crippen LogP contribution in [0.5, 0.6) is 0 Å². The normalized spacial score (nSPS) is 25.2. The molecular weight excluding hydrogens is 473 g/mol. The van der Waals surface area contributed by atoms with Crippen molar-refractivity contribution in [2.24, 2.45) is 5.92 Å². The quantitative estimate of drug-likeness (QED) is 0.486. The van der Waals surface area contributed by atoms with Crippen molar-refractivity contribution in [1.29, 1.82) is 0 Å². The Morgan fingerprint density at radius 1 is 1.15 bits per heavy atom. The molecule has 0 bridgehead atoms. The zero-order valence-corrected chi connectivity index (χ0v) is 19.3. The molecule has 4 rings (SSSR count). The van der Waals surface area contributed by atoms with Crippen molar-refractivity contribution in [3.8, 4) is 0 Å². The molecule has 33 heavy (non-hydrogen) atoms. The van der Waals surface area contributed by atoms with Crippen LogP contribution in [0.3, 0.4) is 0 Å². The third kappa shape index (κ3) is 4.41. The van der Waals surface area contributed by atoms with Gasteiger partial charge in [-0.2, -0.15) is 0 Å². The molecule has 3 amide bonds. The van der Waals surface area contributed by atoms with E-state index in [0.29, 0.717) is 16.1 Å². The number of hydrogen-bond donors (Lipinski definition) is 2. The third-order valence-corrected chi connectivity index (χ3v) is 7.46. The lowest BCUT2D eigenvalue weighted by Gasteiger charge is -2.50. The van der Waals surface area contributed by atoms with Crippen molar-refractivity contribution in [3.63, 3.8) is 0 Å². The van der Waals surface area contributed by atoms with Gasteiger partial charge in [0.25, 0.3) is 5.69 Å². The van der Waals surface area contributed by atoms with Crippen LogP contribution >= 0.6 is 23.4 Å². The third-order valence-electron chi connectivity index (χ3n) is 5.86. The van der Waals surface area contributed by atoms with Gasteiger partial charge < -0.3 is 4.90 Å². The monoisotopic (exact) mass is 493 g/mol. The number of amides is 3. The molecule has 0 saturated carbocycles. The van der Waals surface area contributed by atoms with Crippen LogP contribution in [-0.4, -0.2) is 52.3 Å². The number of nitro groups is 1. The minimum absolute atomic E-state index is 0.0469. The number of benzene rings is 2. The average Bonchev–Trinajstić information content (AvgIpc) is 2.80. The number of carbonyl (C=O) groups is 2. The van der Waals surface area contributed by atoms with Gasteiger partial charge in [-0.15, -0.1) is 11.8 Å². The van der Waals surface area contributed by atoms with E-state index in [-0.39, 0.29) is 17.3 Å². The van der Waals surface area contributed by atoms with Gasteiger partial charge in [-0.05, 0) is 29.8 Å². The molecule has 2 aromatic carbocycles. The molecule has 0 aromatic heterocycles. The fourth-order valence-electron chi connectivity index (χ4n) is 4.02. The maximum atomic E-state index is 14.3. The zero-order chi connectivity index (χ0) is 23.9. The van der Waals surface area contributed by atoms with Crippen molar-refractivity contribution >= 4 is 41.0 Å². The smallest absolute Gasteiger partial charge is 0.311 e. The molecule has 4 unspecified atom stereocenters. The van der Waals surface area contributed by atoms with Gasteiger partial charge in [-0.1, -0.05) is 17.7 Å². The van der Waals surface area contributed by atoms with Gasteiger partial charge in [-0.25, -0.2) is 9.18 Å². The van der Waals surface area contributed by atoms with E-state index in [4.69, 9.17) is 11.6 Å². The number of hydrogen-bond acceptors (Lipinski definition) is 7. The summed E-state index contributed by atoms with van der Waals surface area (Å²) >= 11 is 7.49.